The van der Waals surface area contributed by atoms with Crippen molar-refractivity contribution in [2.45, 2.75) is 69.2 Å². The van der Waals surface area contributed by atoms with Gasteiger partial charge in [-0.05, 0) is 32.7 Å². The molecule has 7 unspecified atom stereocenters. The Morgan fingerprint density at radius 2 is 2.19 bits per heavy atom. The highest BCUT2D eigenvalue weighted by Gasteiger charge is 2.54. The van der Waals surface area contributed by atoms with E-state index < -0.39 is 30.4 Å². The van der Waals surface area contributed by atoms with Gasteiger partial charge in [0.05, 0.1) is 24.2 Å². The van der Waals surface area contributed by atoms with Crippen LogP contribution in [0.5, 0.6) is 0 Å². The second-order valence-electron chi connectivity index (χ2n) is 7.51. The Labute approximate surface area is 151 Å². The Kier molecular flexibility index (Phi) is 4.76. The Bertz CT molecular complexity index is 581. The molecule has 4 fully saturated rings. The summed E-state index contributed by atoms with van der Waals surface area (Å²) in [7, 11) is 0. The summed E-state index contributed by atoms with van der Waals surface area (Å²) in [6.45, 7) is 3.07. The molecule has 2 bridgehead atoms. The third-order valence-electron chi connectivity index (χ3n) is 5.77. The van der Waals surface area contributed by atoms with Crippen molar-refractivity contribution in [2.75, 3.05) is 13.2 Å². The van der Waals surface area contributed by atoms with Gasteiger partial charge in [-0.1, -0.05) is 0 Å². The van der Waals surface area contributed by atoms with E-state index in [0.717, 1.165) is 13.0 Å². The number of nitrogens with two attached hydrogens (primary N) is 1. The molecule has 0 radical (unpaired) electrons. The summed E-state index contributed by atoms with van der Waals surface area (Å²) in [4.78, 5) is 25.9. The number of hydrogen-bond acceptors (Lipinski definition) is 6. The zero-order valence-electron chi connectivity index (χ0n) is 14.7. The lowest BCUT2D eigenvalue weighted by atomic mass is 9.91. The van der Waals surface area contributed by atoms with Crippen LogP contribution in [0, 0.1) is 5.92 Å². The molecule has 0 aliphatic carbocycles. The lowest BCUT2D eigenvalue weighted by molar-refractivity contribution is -0.144. The predicted octanol–water partition coefficient (Wildman–Crippen LogP) is -1.02. The fourth-order valence-corrected chi connectivity index (χ4v) is 4.44. The van der Waals surface area contributed by atoms with Gasteiger partial charge < -0.3 is 20.5 Å². The number of alkyl halides is 1. The van der Waals surface area contributed by atoms with E-state index in [1.165, 1.54) is 4.90 Å². The van der Waals surface area contributed by atoms with Crippen LogP contribution in [0.3, 0.4) is 0 Å². The van der Waals surface area contributed by atoms with Gasteiger partial charge in [0.15, 0.2) is 0 Å². The molecule has 4 aliphatic rings. The Morgan fingerprint density at radius 1 is 1.38 bits per heavy atom. The number of primary amides is 1. The minimum absolute atomic E-state index is 0.0789. The van der Waals surface area contributed by atoms with Crippen LogP contribution >= 0.6 is 0 Å². The molecule has 8 atom stereocenters. The van der Waals surface area contributed by atoms with E-state index in [-0.39, 0.29) is 36.9 Å². The van der Waals surface area contributed by atoms with Crippen molar-refractivity contribution in [1.29, 1.82) is 0 Å². The number of nitrogens with zero attached hydrogens (tertiary/aromatic N) is 1. The molecule has 3 amide bonds. The quantitative estimate of drug-likeness (QED) is 0.469. The fraction of sp³-hybridized carbons (Fsp3) is 0.875. The smallest absolute Gasteiger partial charge is 0.320 e. The highest BCUT2D eigenvalue weighted by atomic mass is 19.1. The number of carbonyl (C=O) groups excluding carboxylic acids is 2. The molecule has 0 aromatic heterocycles. The molecule has 4 saturated heterocycles. The maximum atomic E-state index is 15.0. The second kappa shape index (κ2) is 6.91. The number of fused-ring (bicyclic) bond motifs is 3. The number of nitrogens with one attached hydrogen (secondary N) is 3. The maximum absolute atomic E-state index is 15.0. The van der Waals surface area contributed by atoms with Gasteiger partial charge in [0.2, 0.25) is 5.91 Å². The third-order valence-corrected chi connectivity index (χ3v) is 5.77. The molecule has 0 aromatic carbocycles. The molecule has 4 aliphatic heterocycles. The summed E-state index contributed by atoms with van der Waals surface area (Å²) in [5.74, 6) is -1.39. The normalized spacial score (nSPS) is 46.1. The molecule has 0 spiro atoms. The monoisotopic (exact) mass is 371 g/mol. The second-order valence-corrected chi connectivity index (χ2v) is 7.51. The number of urea groups is 1. The third kappa shape index (κ3) is 3.04. The van der Waals surface area contributed by atoms with Crippen LogP contribution in [0.1, 0.15) is 26.2 Å². The minimum atomic E-state index is -1.43. The first-order chi connectivity index (χ1) is 12.5. The minimum Gasteiger partial charge on any atom is -0.376 e. The van der Waals surface area contributed by atoms with Crippen LogP contribution < -0.4 is 21.7 Å². The summed E-state index contributed by atoms with van der Waals surface area (Å²) in [5.41, 5.74) is 5.46. The van der Waals surface area contributed by atoms with Crippen molar-refractivity contribution in [3.63, 3.8) is 0 Å². The number of carbonyl (C=O) groups is 2. The zero-order chi connectivity index (χ0) is 18.4. The van der Waals surface area contributed by atoms with Crippen LogP contribution in [-0.2, 0) is 14.3 Å². The number of rotatable bonds is 1. The van der Waals surface area contributed by atoms with E-state index >= 15 is 0 Å². The van der Waals surface area contributed by atoms with Gasteiger partial charge in [-0.25, -0.2) is 9.18 Å². The molecule has 146 valence electrons. The number of hydrogen-bond donors (Lipinski definition) is 4. The number of ether oxygens (including phenoxy) is 2. The van der Waals surface area contributed by atoms with E-state index in [9.17, 15) is 14.0 Å². The van der Waals surface area contributed by atoms with Crippen LogP contribution in [0.2, 0.25) is 0 Å². The SMILES string of the molecule is C[C@@H]1CCOC2CCNC3NC(=O)N(C4NC(O1)C(C(N)=O)CC4F)C32. The van der Waals surface area contributed by atoms with Crippen molar-refractivity contribution < 1.29 is 23.5 Å². The first-order valence-corrected chi connectivity index (χ1v) is 9.24. The standard InChI is InChI=1S/C16H26FN5O4/c1-7-3-5-25-10-2-4-19-13-11(10)22(16(24)20-13)14-9(17)6-8(12(18)23)15(21-14)26-7/h7-11,13-15,19,21H,2-6H2,1H3,(H2,18,23)(H,20,24)/t7-,8?,9?,10?,11?,13?,14?,15?/m1/s1. The van der Waals surface area contributed by atoms with Crippen molar-refractivity contribution >= 4 is 11.9 Å². The zero-order valence-corrected chi connectivity index (χ0v) is 14.7. The van der Waals surface area contributed by atoms with Gasteiger partial charge >= 0.3 is 6.03 Å². The molecular weight excluding hydrogens is 345 g/mol. The van der Waals surface area contributed by atoms with Gasteiger partial charge in [0, 0.05) is 6.61 Å². The van der Waals surface area contributed by atoms with Gasteiger partial charge in [-0.15, -0.1) is 0 Å². The van der Waals surface area contributed by atoms with Gasteiger partial charge in [-0.2, -0.15) is 0 Å². The van der Waals surface area contributed by atoms with E-state index in [1.807, 2.05) is 6.92 Å². The van der Waals surface area contributed by atoms with Gasteiger partial charge in [-0.3, -0.25) is 20.3 Å². The first kappa shape index (κ1) is 17.9. The van der Waals surface area contributed by atoms with E-state index in [0.29, 0.717) is 13.0 Å². The molecule has 4 rings (SSSR count). The molecule has 26 heavy (non-hydrogen) atoms. The molecule has 10 heteroatoms. The van der Waals surface area contributed by atoms with Crippen LogP contribution in [0.25, 0.3) is 0 Å². The van der Waals surface area contributed by atoms with E-state index in [1.54, 1.807) is 0 Å². The maximum Gasteiger partial charge on any atom is 0.320 e. The van der Waals surface area contributed by atoms with Crippen molar-refractivity contribution in [2.24, 2.45) is 11.7 Å². The average Bonchev–Trinajstić information content (AvgIpc) is 2.91. The largest absolute Gasteiger partial charge is 0.376 e. The predicted molar refractivity (Wildman–Crippen MR) is 88.4 cm³/mol. The van der Waals surface area contributed by atoms with Gasteiger partial charge in [0.1, 0.15) is 24.7 Å². The number of piperidine rings is 2. The first-order valence-electron chi connectivity index (χ1n) is 9.24. The highest BCUT2D eigenvalue weighted by molar-refractivity contribution is 5.79. The summed E-state index contributed by atoms with van der Waals surface area (Å²) >= 11 is 0. The van der Waals surface area contributed by atoms with Gasteiger partial charge in [0.25, 0.3) is 0 Å². The van der Waals surface area contributed by atoms with Crippen molar-refractivity contribution in [3.8, 4) is 0 Å². The summed E-state index contributed by atoms with van der Waals surface area (Å²) in [6, 6.07) is -0.682. The molecule has 5 N–H and O–H groups in total. The average molecular weight is 371 g/mol. The van der Waals surface area contributed by atoms with Crippen LogP contribution in [-0.4, -0.2) is 73.0 Å². The molecule has 4 heterocycles. The summed E-state index contributed by atoms with van der Waals surface area (Å²) in [5, 5.41) is 9.16. The summed E-state index contributed by atoms with van der Waals surface area (Å²) in [6.07, 6.45) is -2.45. The Hall–Kier alpha value is -1.49. The van der Waals surface area contributed by atoms with Crippen LogP contribution in [0.15, 0.2) is 0 Å². The molecule has 0 aromatic rings. The highest BCUT2D eigenvalue weighted by Crippen LogP contribution is 2.33. The van der Waals surface area contributed by atoms with Crippen molar-refractivity contribution in [1.82, 2.24) is 20.9 Å². The number of amides is 3. The molecule has 9 nitrogen and oxygen atoms in total. The lowest BCUT2D eigenvalue weighted by Gasteiger charge is -2.45. The Morgan fingerprint density at radius 3 is 2.96 bits per heavy atom. The van der Waals surface area contributed by atoms with E-state index in [4.69, 9.17) is 15.2 Å². The van der Waals surface area contributed by atoms with Crippen LogP contribution in [0.4, 0.5) is 9.18 Å². The van der Waals surface area contributed by atoms with Crippen molar-refractivity contribution in [3.05, 3.63) is 0 Å². The topological polar surface area (TPSA) is 118 Å². The molecular formula is C16H26FN5O4. The summed E-state index contributed by atoms with van der Waals surface area (Å²) < 4.78 is 27.0. The molecule has 0 saturated carbocycles. The lowest BCUT2D eigenvalue weighted by Crippen LogP contribution is -2.68. The number of halogens is 1. The fourth-order valence-electron chi connectivity index (χ4n) is 4.44. The Balaban J connectivity index is 1.67. The van der Waals surface area contributed by atoms with E-state index in [2.05, 4.69) is 16.0 Å².